The molecule has 0 unspecified atom stereocenters. The highest BCUT2D eigenvalue weighted by Crippen LogP contribution is 2.63. The number of fused-ring (bicyclic) bond motifs is 3. The molecule has 5 heteroatoms. The highest BCUT2D eigenvalue weighted by atomic mass is 19.1. The maximum absolute atomic E-state index is 13.3. The van der Waals surface area contributed by atoms with Gasteiger partial charge >= 0.3 is 0 Å². The SMILES string of the molecule is CCCC[C@H](O)C[C@@H]1CC[C@@H]2[C@H](CC[C@]3(C)[C@@H]([C@H](O)[C@@H](O)[C@@H](O)c4ccc(F)cc4)CC[C@@H]23)C1. The Hall–Kier alpha value is -1.01. The Morgan fingerprint density at radius 3 is 2.44 bits per heavy atom. The molecule has 0 radical (unpaired) electrons. The zero-order valence-corrected chi connectivity index (χ0v) is 21.0. The molecule has 0 aromatic heterocycles. The van der Waals surface area contributed by atoms with Crippen LogP contribution < -0.4 is 0 Å². The summed E-state index contributed by atoms with van der Waals surface area (Å²) in [6.07, 6.45) is 8.19. The predicted octanol–water partition coefficient (Wildman–Crippen LogP) is 5.38. The molecule has 1 aromatic rings. The molecule has 3 saturated carbocycles. The lowest BCUT2D eigenvalue weighted by Crippen LogP contribution is -2.49. The fourth-order valence-corrected chi connectivity index (χ4v) is 8.11. The van der Waals surface area contributed by atoms with Gasteiger partial charge in [-0.1, -0.05) is 45.2 Å². The van der Waals surface area contributed by atoms with Crippen molar-refractivity contribution in [2.24, 2.45) is 35.0 Å². The Bertz CT molecular complexity index is 785. The van der Waals surface area contributed by atoms with Gasteiger partial charge in [-0.2, -0.15) is 0 Å². The summed E-state index contributed by atoms with van der Waals surface area (Å²) < 4.78 is 13.3. The number of halogens is 1. The molecule has 3 aliphatic carbocycles. The standard InChI is InChI=1S/C29H45FO4/c1-3-4-5-22(31)17-18-6-11-23-20(16-18)14-15-29(2)24(23)12-13-25(29)27(33)28(34)26(32)19-7-9-21(30)10-8-19/h7-10,18,20,22-28,31-34H,3-6,11-17H2,1-2H3/t18-,20-,22+,23-,24+,25-,26+,27+,28+,29+/m1/s1. The molecule has 4 N–H and O–H groups in total. The Morgan fingerprint density at radius 2 is 1.74 bits per heavy atom. The average molecular weight is 477 g/mol. The lowest BCUT2D eigenvalue weighted by atomic mass is 9.53. The van der Waals surface area contributed by atoms with Crippen molar-refractivity contribution in [1.82, 2.24) is 0 Å². The molecular formula is C29H45FO4. The summed E-state index contributed by atoms with van der Waals surface area (Å²) in [4.78, 5) is 0. The first kappa shape index (κ1) is 26.1. The van der Waals surface area contributed by atoms with Crippen LogP contribution in [0.25, 0.3) is 0 Å². The summed E-state index contributed by atoms with van der Waals surface area (Å²) in [6.45, 7) is 4.47. The van der Waals surface area contributed by atoms with Crippen LogP contribution in [0.15, 0.2) is 24.3 Å². The van der Waals surface area contributed by atoms with E-state index in [4.69, 9.17) is 0 Å². The van der Waals surface area contributed by atoms with Gasteiger partial charge in [0.25, 0.3) is 0 Å². The fourth-order valence-electron chi connectivity index (χ4n) is 8.11. The molecule has 0 bridgehead atoms. The zero-order chi connectivity index (χ0) is 24.5. The minimum Gasteiger partial charge on any atom is -0.393 e. The molecule has 192 valence electrons. The van der Waals surface area contributed by atoms with Crippen LogP contribution in [0.5, 0.6) is 0 Å². The quantitative estimate of drug-likeness (QED) is 0.386. The van der Waals surface area contributed by atoms with E-state index in [2.05, 4.69) is 13.8 Å². The smallest absolute Gasteiger partial charge is 0.123 e. The van der Waals surface area contributed by atoms with E-state index in [9.17, 15) is 24.8 Å². The molecule has 0 amide bonds. The first-order valence-corrected chi connectivity index (χ1v) is 13.7. The zero-order valence-electron chi connectivity index (χ0n) is 21.0. The Kier molecular flexibility index (Phi) is 8.39. The van der Waals surface area contributed by atoms with Gasteiger partial charge in [0.15, 0.2) is 0 Å². The second-order valence-corrected chi connectivity index (χ2v) is 11.9. The summed E-state index contributed by atoms with van der Waals surface area (Å²) in [6, 6.07) is 5.48. The van der Waals surface area contributed by atoms with Gasteiger partial charge in [-0.15, -0.1) is 0 Å². The Morgan fingerprint density at radius 1 is 1.00 bits per heavy atom. The fraction of sp³-hybridized carbons (Fsp3) is 0.793. The van der Waals surface area contributed by atoms with E-state index in [1.807, 2.05) is 0 Å². The van der Waals surface area contributed by atoms with E-state index in [0.29, 0.717) is 29.2 Å². The van der Waals surface area contributed by atoms with Gasteiger partial charge in [0.2, 0.25) is 0 Å². The predicted molar refractivity (Wildman–Crippen MR) is 131 cm³/mol. The van der Waals surface area contributed by atoms with Crippen molar-refractivity contribution >= 4 is 0 Å². The van der Waals surface area contributed by atoms with E-state index in [1.165, 1.54) is 43.5 Å². The molecule has 0 aliphatic heterocycles. The van der Waals surface area contributed by atoms with Crippen molar-refractivity contribution in [1.29, 1.82) is 0 Å². The van der Waals surface area contributed by atoms with Crippen LogP contribution in [-0.4, -0.2) is 38.7 Å². The number of hydrogen-bond donors (Lipinski definition) is 4. The second kappa shape index (κ2) is 10.9. The lowest BCUT2D eigenvalue weighted by Gasteiger charge is -2.53. The first-order chi connectivity index (χ1) is 16.2. The topological polar surface area (TPSA) is 80.9 Å². The molecule has 4 nitrogen and oxygen atoms in total. The molecular weight excluding hydrogens is 431 g/mol. The van der Waals surface area contributed by atoms with Gasteiger partial charge in [-0.3, -0.25) is 0 Å². The third kappa shape index (κ3) is 5.23. The molecule has 1 aromatic carbocycles. The third-order valence-electron chi connectivity index (χ3n) is 10.00. The van der Waals surface area contributed by atoms with Crippen molar-refractivity contribution in [3.05, 3.63) is 35.6 Å². The van der Waals surface area contributed by atoms with Crippen LogP contribution in [-0.2, 0) is 0 Å². The minimum absolute atomic E-state index is 0.0302. The molecule has 0 spiro atoms. The molecule has 10 atom stereocenters. The number of aliphatic hydroxyl groups is 4. The summed E-state index contributed by atoms with van der Waals surface area (Å²) >= 11 is 0. The monoisotopic (exact) mass is 476 g/mol. The van der Waals surface area contributed by atoms with Crippen molar-refractivity contribution in [2.45, 2.75) is 109 Å². The van der Waals surface area contributed by atoms with Crippen molar-refractivity contribution in [3.63, 3.8) is 0 Å². The Labute approximate surface area is 204 Å². The van der Waals surface area contributed by atoms with Crippen LogP contribution in [0.4, 0.5) is 4.39 Å². The van der Waals surface area contributed by atoms with E-state index in [1.54, 1.807) is 0 Å². The summed E-state index contributed by atoms with van der Waals surface area (Å²) in [7, 11) is 0. The van der Waals surface area contributed by atoms with Crippen molar-refractivity contribution in [3.8, 4) is 0 Å². The summed E-state index contributed by atoms with van der Waals surface area (Å²) in [5.74, 6) is 2.12. The summed E-state index contributed by atoms with van der Waals surface area (Å²) in [5.41, 5.74) is 0.396. The second-order valence-electron chi connectivity index (χ2n) is 11.9. The normalized spacial score (nSPS) is 36.9. The van der Waals surface area contributed by atoms with Gasteiger partial charge in [-0.05, 0) is 104 Å². The number of rotatable bonds is 9. The lowest BCUT2D eigenvalue weighted by molar-refractivity contribution is -0.119. The van der Waals surface area contributed by atoms with Crippen LogP contribution in [0, 0.1) is 40.8 Å². The Balaban J connectivity index is 1.38. The van der Waals surface area contributed by atoms with E-state index < -0.39 is 18.3 Å². The van der Waals surface area contributed by atoms with Crippen LogP contribution in [0.2, 0.25) is 0 Å². The van der Waals surface area contributed by atoms with Crippen LogP contribution >= 0.6 is 0 Å². The minimum atomic E-state index is -1.29. The van der Waals surface area contributed by atoms with E-state index >= 15 is 0 Å². The molecule has 3 fully saturated rings. The largest absolute Gasteiger partial charge is 0.393 e. The van der Waals surface area contributed by atoms with Crippen LogP contribution in [0.3, 0.4) is 0 Å². The average Bonchev–Trinajstić information content (AvgIpc) is 3.19. The molecule has 3 aliphatic rings. The first-order valence-electron chi connectivity index (χ1n) is 13.7. The molecule has 0 saturated heterocycles. The number of aliphatic hydroxyl groups excluding tert-OH is 4. The number of hydrogen-bond acceptors (Lipinski definition) is 4. The van der Waals surface area contributed by atoms with Crippen molar-refractivity contribution in [2.75, 3.05) is 0 Å². The van der Waals surface area contributed by atoms with Gasteiger partial charge in [-0.25, -0.2) is 4.39 Å². The number of benzene rings is 1. The van der Waals surface area contributed by atoms with Crippen molar-refractivity contribution < 1.29 is 24.8 Å². The summed E-state index contributed by atoms with van der Waals surface area (Å²) in [5, 5.41) is 43.2. The van der Waals surface area contributed by atoms with E-state index in [-0.39, 0.29) is 23.3 Å². The highest BCUT2D eigenvalue weighted by Gasteiger charge is 2.57. The molecule has 0 heterocycles. The highest BCUT2D eigenvalue weighted by molar-refractivity contribution is 5.20. The van der Waals surface area contributed by atoms with Gasteiger partial charge in [0, 0.05) is 0 Å². The van der Waals surface area contributed by atoms with Gasteiger partial charge in [0.05, 0.1) is 12.2 Å². The van der Waals surface area contributed by atoms with Crippen LogP contribution in [0.1, 0.15) is 96.1 Å². The molecule has 4 rings (SSSR count). The third-order valence-corrected chi connectivity index (χ3v) is 10.00. The van der Waals surface area contributed by atoms with Gasteiger partial charge < -0.3 is 20.4 Å². The number of unbranched alkanes of at least 4 members (excludes halogenated alkanes) is 1. The maximum Gasteiger partial charge on any atom is 0.123 e. The van der Waals surface area contributed by atoms with Gasteiger partial charge in [0.1, 0.15) is 18.0 Å². The molecule has 34 heavy (non-hydrogen) atoms. The van der Waals surface area contributed by atoms with E-state index in [0.717, 1.165) is 51.4 Å². The maximum atomic E-state index is 13.3.